The standard InChI is InChI=1S/C19H12ClN5O7/c20-11-5-8-17(21-10-11)32-16-7-6-12(9-15(16)25(30)31)22-19(27)23-18(26)13-3-1-2-4-14(13)24(28)29/h1-10H,(H2,22,23,26,27). The molecule has 0 unspecified atom stereocenters. The molecule has 0 aliphatic rings. The molecule has 3 rings (SSSR count). The number of carbonyl (C=O) groups is 2. The van der Waals surface area contributed by atoms with E-state index in [0.717, 1.165) is 12.1 Å². The minimum atomic E-state index is -1.05. The number of nitrogens with one attached hydrogen (secondary N) is 2. The molecule has 12 nitrogen and oxygen atoms in total. The number of aromatic nitrogens is 1. The van der Waals surface area contributed by atoms with E-state index < -0.39 is 33.2 Å². The second kappa shape index (κ2) is 9.49. The number of benzene rings is 2. The Hall–Kier alpha value is -4.58. The van der Waals surface area contributed by atoms with Crippen molar-refractivity contribution in [2.24, 2.45) is 0 Å². The minimum absolute atomic E-state index is 0.0269. The Bertz CT molecular complexity index is 1220. The zero-order valence-electron chi connectivity index (χ0n) is 15.9. The highest BCUT2D eigenvalue weighted by atomic mass is 35.5. The van der Waals surface area contributed by atoms with Crippen LogP contribution in [0.5, 0.6) is 11.6 Å². The Labute approximate surface area is 184 Å². The van der Waals surface area contributed by atoms with E-state index in [0.29, 0.717) is 5.02 Å². The minimum Gasteiger partial charge on any atom is -0.432 e. The highest BCUT2D eigenvalue weighted by Crippen LogP contribution is 2.33. The van der Waals surface area contributed by atoms with Gasteiger partial charge in [0.1, 0.15) is 5.56 Å². The van der Waals surface area contributed by atoms with Crippen molar-refractivity contribution in [3.8, 4) is 11.6 Å². The lowest BCUT2D eigenvalue weighted by molar-refractivity contribution is -0.385. The molecule has 1 aromatic heterocycles. The molecule has 13 heteroatoms. The first-order valence-electron chi connectivity index (χ1n) is 8.68. The summed E-state index contributed by atoms with van der Waals surface area (Å²) in [6.07, 6.45) is 1.30. The van der Waals surface area contributed by atoms with Crippen molar-refractivity contribution in [1.82, 2.24) is 10.3 Å². The number of nitro groups is 2. The summed E-state index contributed by atoms with van der Waals surface area (Å²) < 4.78 is 5.39. The maximum atomic E-state index is 12.2. The molecule has 3 aromatic rings. The number of ether oxygens (including phenoxy) is 1. The SMILES string of the molecule is O=C(NC(=O)c1ccccc1[N+](=O)[O-])Nc1ccc(Oc2ccc(Cl)cn2)c([N+](=O)[O-])c1. The second-order valence-electron chi connectivity index (χ2n) is 6.04. The van der Waals surface area contributed by atoms with Crippen molar-refractivity contribution in [2.45, 2.75) is 0 Å². The Morgan fingerprint density at radius 2 is 1.69 bits per heavy atom. The average molecular weight is 458 g/mol. The van der Waals surface area contributed by atoms with E-state index in [1.54, 1.807) is 0 Å². The number of nitrogens with zero attached hydrogens (tertiary/aromatic N) is 3. The topological polar surface area (TPSA) is 167 Å². The number of pyridine rings is 1. The molecule has 0 saturated carbocycles. The Kier molecular flexibility index (Phi) is 6.56. The molecule has 3 amide bonds. The van der Waals surface area contributed by atoms with E-state index in [-0.39, 0.29) is 22.9 Å². The number of urea groups is 1. The molecule has 0 spiro atoms. The highest BCUT2D eigenvalue weighted by Gasteiger charge is 2.22. The molecule has 0 aliphatic carbocycles. The fourth-order valence-electron chi connectivity index (χ4n) is 2.52. The van der Waals surface area contributed by atoms with Gasteiger partial charge in [0.2, 0.25) is 11.6 Å². The number of para-hydroxylation sites is 1. The lowest BCUT2D eigenvalue weighted by Gasteiger charge is -2.09. The number of hydrogen-bond acceptors (Lipinski definition) is 8. The largest absolute Gasteiger partial charge is 0.432 e. The fourth-order valence-corrected chi connectivity index (χ4v) is 2.63. The van der Waals surface area contributed by atoms with Crippen LogP contribution in [0.25, 0.3) is 0 Å². The van der Waals surface area contributed by atoms with E-state index in [1.807, 2.05) is 5.32 Å². The van der Waals surface area contributed by atoms with Gasteiger partial charge in [-0.25, -0.2) is 9.78 Å². The predicted octanol–water partition coefficient (Wildman–Crippen LogP) is 4.31. The first-order valence-corrected chi connectivity index (χ1v) is 9.06. The maximum absolute atomic E-state index is 12.2. The highest BCUT2D eigenvalue weighted by molar-refractivity contribution is 6.30. The van der Waals surface area contributed by atoms with Gasteiger partial charge in [-0.15, -0.1) is 0 Å². The van der Waals surface area contributed by atoms with E-state index in [2.05, 4.69) is 10.3 Å². The van der Waals surface area contributed by atoms with Gasteiger partial charge in [0.15, 0.2) is 0 Å². The van der Waals surface area contributed by atoms with Gasteiger partial charge in [-0.1, -0.05) is 23.7 Å². The molecule has 32 heavy (non-hydrogen) atoms. The third kappa shape index (κ3) is 5.31. The molecular formula is C19H12ClN5O7. The molecule has 0 bridgehead atoms. The summed E-state index contributed by atoms with van der Waals surface area (Å²) in [5, 5.41) is 27.0. The maximum Gasteiger partial charge on any atom is 0.326 e. The van der Waals surface area contributed by atoms with Crippen LogP contribution < -0.4 is 15.4 Å². The van der Waals surface area contributed by atoms with Crippen LogP contribution >= 0.6 is 11.6 Å². The number of hydrogen-bond donors (Lipinski definition) is 2. The summed E-state index contributed by atoms with van der Waals surface area (Å²) in [5.41, 5.74) is -1.31. The van der Waals surface area contributed by atoms with E-state index >= 15 is 0 Å². The first-order chi connectivity index (χ1) is 15.2. The Morgan fingerprint density at radius 1 is 0.969 bits per heavy atom. The van der Waals surface area contributed by atoms with Crippen LogP contribution in [0.1, 0.15) is 10.4 Å². The number of imide groups is 1. The van der Waals surface area contributed by atoms with Crippen molar-refractivity contribution in [3.63, 3.8) is 0 Å². The number of carbonyl (C=O) groups excluding carboxylic acids is 2. The van der Waals surface area contributed by atoms with Gasteiger partial charge in [-0.2, -0.15) is 0 Å². The lowest BCUT2D eigenvalue weighted by Crippen LogP contribution is -2.34. The number of rotatable bonds is 6. The Morgan fingerprint density at radius 3 is 2.34 bits per heavy atom. The summed E-state index contributed by atoms with van der Waals surface area (Å²) in [4.78, 5) is 49.2. The average Bonchev–Trinajstić information content (AvgIpc) is 2.76. The summed E-state index contributed by atoms with van der Waals surface area (Å²) in [5.74, 6) is -1.10. The van der Waals surface area contributed by atoms with Crippen molar-refractivity contribution >= 4 is 40.6 Å². The van der Waals surface area contributed by atoms with Crippen LogP contribution in [0.2, 0.25) is 5.02 Å². The molecule has 0 atom stereocenters. The predicted molar refractivity (Wildman–Crippen MR) is 112 cm³/mol. The van der Waals surface area contributed by atoms with Gasteiger partial charge < -0.3 is 10.1 Å². The molecule has 162 valence electrons. The number of amides is 3. The van der Waals surface area contributed by atoms with Gasteiger partial charge in [-0.05, 0) is 24.3 Å². The molecule has 0 fully saturated rings. The number of nitro benzene ring substituents is 2. The third-order valence-corrected chi connectivity index (χ3v) is 4.12. The number of anilines is 1. The third-order valence-electron chi connectivity index (χ3n) is 3.90. The van der Waals surface area contributed by atoms with E-state index in [4.69, 9.17) is 16.3 Å². The summed E-state index contributed by atoms with van der Waals surface area (Å²) in [6, 6.07) is 10.5. The first kappa shape index (κ1) is 22.1. The zero-order chi connectivity index (χ0) is 23.3. The van der Waals surface area contributed by atoms with Crippen LogP contribution in [-0.4, -0.2) is 26.8 Å². The van der Waals surface area contributed by atoms with Crippen LogP contribution in [0.3, 0.4) is 0 Å². The van der Waals surface area contributed by atoms with Crippen molar-refractivity contribution in [3.05, 3.63) is 91.6 Å². The summed E-state index contributed by atoms with van der Waals surface area (Å²) in [7, 11) is 0. The van der Waals surface area contributed by atoms with Crippen molar-refractivity contribution < 1.29 is 24.2 Å². The Balaban J connectivity index is 1.74. The fraction of sp³-hybridized carbons (Fsp3) is 0. The molecule has 0 radical (unpaired) electrons. The van der Waals surface area contributed by atoms with Crippen molar-refractivity contribution in [1.29, 1.82) is 0 Å². The van der Waals surface area contributed by atoms with Crippen LogP contribution in [0, 0.1) is 20.2 Å². The summed E-state index contributed by atoms with van der Waals surface area (Å²) in [6.45, 7) is 0. The number of halogens is 1. The zero-order valence-corrected chi connectivity index (χ0v) is 16.6. The van der Waals surface area contributed by atoms with Crippen LogP contribution in [0.15, 0.2) is 60.8 Å². The van der Waals surface area contributed by atoms with E-state index in [1.165, 1.54) is 48.7 Å². The van der Waals surface area contributed by atoms with E-state index in [9.17, 15) is 29.8 Å². The van der Waals surface area contributed by atoms with Crippen LogP contribution in [-0.2, 0) is 0 Å². The normalized spacial score (nSPS) is 10.2. The van der Waals surface area contributed by atoms with Gasteiger partial charge >= 0.3 is 11.7 Å². The molecule has 1 heterocycles. The van der Waals surface area contributed by atoms with Gasteiger partial charge in [0.25, 0.3) is 11.6 Å². The summed E-state index contributed by atoms with van der Waals surface area (Å²) >= 11 is 5.74. The van der Waals surface area contributed by atoms with Crippen molar-refractivity contribution in [2.75, 3.05) is 5.32 Å². The molecular weight excluding hydrogens is 446 g/mol. The van der Waals surface area contributed by atoms with Gasteiger partial charge in [0.05, 0.1) is 14.9 Å². The monoisotopic (exact) mass is 457 g/mol. The van der Waals surface area contributed by atoms with Gasteiger partial charge in [-0.3, -0.25) is 30.3 Å². The quantitative estimate of drug-likeness (QED) is 0.407. The molecule has 0 saturated heterocycles. The van der Waals surface area contributed by atoms with Crippen LogP contribution in [0.4, 0.5) is 21.9 Å². The second-order valence-corrected chi connectivity index (χ2v) is 6.48. The molecule has 2 N–H and O–H groups in total. The molecule has 2 aromatic carbocycles. The molecule has 0 aliphatic heterocycles. The lowest BCUT2D eigenvalue weighted by atomic mass is 10.1. The van der Waals surface area contributed by atoms with Gasteiger partial charge in [0, 0.05) is 30.1 Å². The smallest absolute Gasteiger partial charge is 0.326 e.